The normalized spacial score (nSPS) is 13.8. The molecule has 1 aliphatic heterocycles. The van der Waals surface area contributed by atoms with Crippen LogP contribution >= 0.6 is 0 Å². The van der Waals surface area contributed by atoms with Crippen LogP contribution < -0.4 is 14.9 Å². The molecule has 2 nitrogen and oxygen atoms in total. The van der Waals surface area contributed by atoms with E-state index in [4.69, 9.17) is 0 Å². The topological polar surface area (TPSA) is 27.7 Å². The van der Waals surface area contributed by atoms with Crippen molar-refractivity contribution < 1.29 is 4.57 Å². The van der Waals surface area contributed by atoms with Gasteiger partial charge in [-0.3, -0.25) is 0 Å². The summed E-state index contributed by atoms with van der Waals surface area (Å²) in [6.07, 6.45) is 2.19. The third-order valence-electron chi connectivity index (χ3n) is 5.68. The van der Waals surface area contributed by atoms with Crippen LogP contribution in [0.1, 0.15) is 16.7 Å². The van der Waals surface area contributed by atoms with Crippen molar-refractivity contribution in [1.29, 1.82) is 5.26 Å². The third kappa shape index (κ3) is 2.19. The molecule has 2 aromatic carbocycles. The molecule has 2 heterocycles. The Morgan fingerprint density at radius 3 is 2.35 bits per heavy atom. The molecule has 0 amide bonds. The SMILES string of the molecule is Cc1ccc(-c2c(C)ccc3c2[Si](C)(C)c2c(C#N)cccc2-3)[n+](C)c1. The first-order valence-electron chi connectivity index (χ1n) is 9.01. The molecule has 4 rings (SSSR count). The van der Waals surface area contributed by atoms with Gasteiger partial charge in [0, 0.05) is 17.2 Å². The van der Waals surface area contributed by atoms with Gasteiger partial charge in [-0.2, -0.15) is 5.26 Å². The van der Waals surface area contributed by atoms with Crippen molar-refractivity contribution in [3.63, 3.8) is 0 Å². The summed E-state index contributed by atoms with van der Waals surface area (Å²) >= 11 is 0. The minimum absolute atomic E-state index is 0.840. The van der Waals surface area contributed by atoms with Crippen LogP contribution in [0.3, 0.4) is 0 Å². The summed E-state index contributed by atoms with van der Waals surface area (Å²) in [5, 5.41) is 12.5. The molecule has 1 aromatic heterocycles. The van der Waals surface area contributed by atoms with Crippen molar-refractivity contribution in [1.82, 2.24) is 0 Å². The van der Waals surface area contributed by atoms with Gasteiger partial charge < -0.3 is 0 Å². The minimum Gasteiger partial charge on any atom is -0.201 e. The number of pyridine rings is 1. The number of aryl methyl sites for hydroxylation is 3. The van der Waals surface area contributed by atoms with Gasteiger partial charge in [-0.25, -0.2) is 4.57 Å². The van der Waals surface area contributed by atoms with E-state index in [1.807, 2.05) is 12.1 Å². The monoisotopic (exact) mass is 355 g/mol. The molecule has 128 valence electrons. The summed E-state index contributed by atoms with van der Waals surface area (Å²) in [6.45, 7) is 9.10. The highest BCUT2D eigenvalue weighted by Crippen LogP contribution is 2.35. The Hall–Kier alpha value is -2.70. The van der Waals surface area contributed by atoms with Crippen molar-refractivity contribution in [2.45, 2.75) is 26.9 Å². The molecule has 0 saturated carbocycles. The second-order valence-electron chi connectivity index (χ2n) is 7.85. The van der Waals surface area contributed by atoms with Gasteiger partial charge in [0.25, 0.3) is 0 Å². The van der Waals surface area contributed by atoms with Crippen LogP contribution in [0.25, 0.3) is 22.4 Å². The maximum Gasteiger partial charge on any atom is 0.212 e. The molecule has 0 unspecified atom stereocenters. The van der Waals surface area contributed by atoms with Crippen LogP contribution in [-0.2, 0) is 7.05 Å². The van der Waals surface area contributed by atoms with Crippen molar-refractivity contribution in [2.75, 3.05) is 0 Å². The fourth-order valence-electron chi connectivity index (χ4n) is 4.58. The second-order valence-corrected chi connectivity index (χ2v) is 12.1. The van der Waals surface area contributed by atoms with Gasteiger partial charge in [0.1, 0.15) is 15.1 Å². The molecule has 0 fully saturated rings. The van der Waals surface area contributed by atoms with Crippen LogP contribution in [0.2, 0.25) is 13.1 Å². The van der Waals surface area contributed by atoms with E-state index in [1.54, 1.807) is 0 Å². The molecule has 0 atom stereocenters. The van der Waals surface area contributed by atoms with E-state index in [-0.39, 0.29) is 0 Å². The van der Waals surface area contributed by atoms with Crippen molar-refractivity contribution in [2.24, 2.45) is 7.05 Å². The van der Waals surface area contributed by atoms with E-state index >= 15 is 0 Å². The molecule has 0 bridgehead atoms. The summed E-state index contributed by atoms with van der Waals surface area (Å²) in [7, 11) is 0.145. The number of benzene rings is 2. The Labute approximate surface area is 156 Å². The lowest BCUT2D eigenvalue weighted by atomic mass is 9.96. The lowest BCUT2D eigenvalue weighted by Crippen LogP contribution is -2.52. The summed E-state index contributed by atoms with van der Waals surface area (Å²) in [6, 6.07) is 17.5. The lowest BCUT2D eigenvalue weighted by Gasteiger charge is -2.23. The molecular weight excluding hydrogens is 332 g/mol. The largest absolute Gasteiger partial charge is 0.212 e. The zero-order chi connectivity index (χ0) is 18.6. The Morgan fingerprint density at radius 1 is 0.923 bits per heavy atom. The zero-order valence-corrected chi connectivity index (χ0v) is 17.0. The van der Waals surface area contributed by atoms with E-state index in [1.165, 1.54) is 43.9 Å². The van der Waals surface area contributed by atoms with Gasteiger partial charge in [-0.05, 0) is 53.0 Å². The smallest absolute Gasteiger partial charge is 0.201 e. The highest BCUT2D eigenvalue weighted by Gasteiger charge is 2.42. The van der Waals surface area contributed by atoms with E-state index in [0.717, 1.165) is 5.56 Å². The summed E-state index contributed by atoms with van der Waals surface area (Å²) in [4.78, 5) is 0. The molecule has 0 spiro atoms. The van der Waals surface area contributed by atoms with E-state index in [2.05, 4.69) is 81.2 Å². The van der Waals surface area contributed by atoms with Crippen LogP contribution in [0.5, 0.6) is 0 Å². The van der Waals surface area contributed by atoms with Crippen LogP contribution in [0.4, 0.5) is 0 Å². The highest BCUT2D eigenvalue weighted by atomic mass is 28.3. The fourth-order valence-corrected chi connectivity index (χ4v) is 8.38. The Balaban J connectivity index is 2.11. The van der Waals surface area contributed by atoms with Crippen molar-refractivity contribution >= 4 is 18.4 Å². The summed E-state index contributed by atoms with van der Waals surface area (Å²) in [5.74, 6) is 0. The summed E-state index contributed by atoms with van der Waals surface area (Å²) in [5.41, 5.74) is 8.57. The standard InChI is InChI=1S/C23H23N2Si/c1-15-9-12-20(25(3)14-15)21-16(2)10-11-19-18-8-6-7-17(13-24)22(18)26(4,5)23(19)21/h6-12,14H,1-5H3/q+1. The van der Waals surface area contributed by atoms with Gasteiger partial charge in [-0.1, -0.05) is 37.4 Å². The van der Waals surface area contributed by atoms with Crippen molar-refractivity contribution in [3.8, 4) is 28.5 Å². The third-order valence-corrected chi connectivity index (χ3v) is 9.23. The highest BCUT2D eigenvalue weighted by molar-refractivity contribution is 7.05. The molecule has 3 aromatic rings. The molecule has 3 heteroatoms. The van der Waals surface area contributed by atoms with E-state index in [0.29, 0.717) is 0 Å². The molecule has 1 aliphatic rings. The zero-order valence-electron chi connectivity index (χ0n) is 16.0. The maximum absolute atomic E-state index is 9.70. The predicted octanol–water partition coefficient (Wildman–Crippen LogP) is 3.47. The number of nitrogens with zero attached hydrogens (tertiary/aromatic N) is 2. The van der Waals surface area contributed by atoms with Gasteiger partial charge in [0.15, 0.2) is 6.20 Å². The Bertz CT molecular complexity index is 1100. The number of nitriles is 1. The van der Waals surface area contributed by atoms with Gasteiger partial charge in [0.05, 0.1) is 11.6 Å². The van der Waals surface area contributed by atoms with E-state index < -0.39 is 8.07 Å². The van der Waals surface area contributed by atoms with Crippen LogP contribution in [-0.4, -0.2) is 8.07 Å². The first kappa shape index (κ1) is 16.7. The predicted molar refractivity (Wildman–Crippen MR) is 109 cm³/mol. The Morgan fingerprint density at radius 2 is 1.65 bits per heavy atom. The molecule has 0 saturated heterocycles. The number of rotatable bonds is 1. The molecule has 0 N–H and O–H groups in total. The first-order chi connectivity index (χ1) is 12.4. The van der Waals surface area contributed by atoms with Gasteiger partial charge in [-0.15, -0.1) is 0 Å². The lowest BCUT2D eigenvalue weighted by molar-refractivity contribution is -0.660. The van der Waals surface area contributed by atoms with Crippen molar-refractivity contribution in [3.05, 3.63) is 65.4 Å². The first-order valence-corrected chi connectivity index (χ1v) is 12.0. The summed E-state index contributed by atoms with van der Waals surface area (Å²) < 4.78 is 2.23. The number of fused-ring (bicyclic) bond motifs is 3. The Kier molecular flexibility index (Phi) is 3.64. The second kappa shape index (κ2) is 5.65. The maximum atomic E-state index is 9.70. The minimum atomic E-state index is -1.98. The molecule has 0 radical (unpaired) electrons. The van der Waals surface area contributed by atoms with Crippen LogP contribution in [0.15, 0.2) is 48.7 Å². The van der Waals surface area contributed by atoms with Gasteiger partial charge >= 0.3 is 0 Å². The fraction of sp³-hybridized carbons (Fsp3) is 0.217. The average Bonchev–Trinajstić information content (AvgIpc) is 2.84. The molecule has 26 heavy (non-hydrogen) atoms. The average molecular weight is 356 g/mol. The molecular formula is C23H23N2Si+. The number of aromatic nitrogens is 1. The van der Waals surface area contributed by atoms with E-state index in [9.17, 15) is 5.26 Å². The molecule has 0 aliphatic carbocycles. The van der Waals surface area contributed by atoms with Crippen LogP contribution in [0, 0.1) is 25.2 Å². The quantitative estimate of drug-likeness (QED) is 0.485. The number of hydrogen-bond acceptors (Lipinski definition) is 1. The van der Waals surface area contributed by atoms with Gasteiger partial charge in [0.2, 0.25) is 5.69 Å². The number of hydrogen-bond donors (Lipinski definition) is 0.